The molecule has 1 amide bonds. The number of aryl methyl sites for hydroxylation is 2. The van der Waals surface area contributed by atoms with Gasteiger partial charge in [-0.15, -0.1) is 11.3 Å². The van der Waals surface area contributed by atoms with Crippen LogP contribution in [0, 0.1) is 13.8 Å². The van der Waals surface area contributed by atoms with E-state index in [1.165, 1.54) is 0 Å². The highest BCUT2D eigenvalue weighted by Gasteiger charge is 2.09. The second-order valence-electron chi connectivity index (χ2n) is 6.96. The van der Waals surface area contributed by atoms with Gasteiger partial charge in [-0.25, -0.2) is 4.98 Å². The van der Waals surface area contributed by atoms with E-state index in [1.807, 2.05) is 73.8 Å². The largest absolute Gasteiger partial charge is 0.483 e. The standard InChI is InChI=1S/C24H21N3O2S/c1-16-6-7-22(17(2)12-16)29-14-23(28)26-20-5-3-4-19(13-20)21-15-30-24(27-21)18-8-10-25-11-9-18/h3-13,15H,14H2,1-2H3,(H,26,28). The van der Waals surface area contributed by atoms with E-state index in [-0.39, 0.29) is 12.5 Å². The summed E-state index contributed by atoms with van der Waals surface area (Å²) >= 11 is 1.58. The number of pyridine rings is 1. The average molecular weight is 416 g/mol. The van der Waals surface area contributed by atoms with Crippen molar-refractivity contribution < 1.29 is 9.53 Å². The molecule has 150 valence electrons. The van der Waals surface area contributed by atoms with E-state index in [1.54, 1.807) is 23.7 Å². The van der Waals surface area contributed by atoms with Gasteiger partial charge in [-0.1, -0.05) is 29.8 Å². The van der Waals surface area contributed by atoms with Gasteiger partial charge in [0, 0.05) is 34.6 Å². The number of ether oxygens (including phenoxy) is 1. The Morgan fingerprint density at radius 3 is 2.67 bits per heavy atom. The predicted molar refractivity (Wildman–Crippen MR) is 121 cm³/mol. The molecule has 30 heavy (non-hydrogen) atoms. The van der Waals surface area contributed by atoms with Gasteiger partial charge in [-0.05, 0) is 49.7 Å². The van der Waals surface area contributed by atoms with Crippen molar-refractivity contribution in [3.05, 3.63) is 83.5 Å². The minimum absolute atomic E-state index is 0.0446. The third kappa shape index (κ3) is 4.72. The van der Waals surface area contributed by atoms with Crippen LogP contribution in [0.3, 0.4) is 0 Å². The van der Waals surface area contributed by atoms with Crippen LogP contribution in [0.25, 0.3) is 21.8 Å². The van der Waals surface area contributed by atoms with Crippen LogP contribution in [0.1, 0.15) is 11.1 Å². The molecule has 4 rings (SSSR count). The first-order valence-corrected chi connectivity index (χ1v) is 10.4. The van der Waals surface area contributed by atoms with E-state index < -0.39 is 0 Å². The van der Waals surface area contributed by atoms with Crippen molar-refractivity contribution in [2.24, 2.45) is 0 Å². The topological polar surface area (TPSA) is 64.1 Å². The van der Waals surface area contributed by atoms with Crippen LogP contribution in [0.5, 0.6) is 5.75 Å². The molecular formula is C24H21N3O2S. The third-order valence-corrected chi connectivity index (χ3v) is 5.45. The van der Waals surface area contributed by atoms with Gasteiger partial charge in [0.2, 0.25) is 0 Å². The Hall–Kier alpha value is -3.51. The van der Waals surface area contributed by atoms with Crippen molar-refractivity contribution in [3.8, 4) is 27.6 Å². The van der Waals surface area contributed by atoms with Gasteiger partial charge in [0.05, 0.1) is 5.69 Å². The zero-order valence-corrected chi connectivity index (χ0v) is 17.6. The Bertz CT molecular complexity index is 1170. The molecule has 0 spiro atoms. The lowest BCUT2D eigenvalue weighted by molar-refractivity contribution is -0.118. The summed E-state index contributed by atoms with van der Waals surface area (Å²) in [5.74, 6) is 0.512. The van der Waals surface area contributed by atoms with Crippen LogP contribution < -0.4 is 10.1 Å². The summed E-state index contributed by atoms with van der Waals surface area (Å²) in [5.41, 5.74) is 5.73. The molecular weight excluding hydrogens is 394 g/mol. The molecule has 6 heteroatoms. The second kappa shape index (κ2) is 8.88. The molecule has 0 aliphatic heterocycles. The summed E-state index contributed by atoms with van der Waals surface area (Å²) in [5, 5.41) is 5.84. The van der Waals surface area contributed by atoms with E-state index in [0.29, 0.717) is 5.69 Å². The summed E-state index contributed by atoms with van der Waals surface area (Å²) in [6.45, 7) is 3.95. The summed E-state index contributed by atoms with van der Waals surface area (Å²) in [7, 11) is 0. The first kappa shape index (κ1) is 19.8. The molecule has 2 heterocycles. The van der Waals surface area contributed by atoms with Gasteiger partial charge in [-0.2, -0.15) is 0 Å². The summed E-state index contributed by atoms with van der Waals surface area (Å²) in [6, 6.07) is 17.4. The molecule has 0 aliphatic carbocycles. The Morgan fingerprint density at radius 1 is 1.03 bits per heavy atom. The van der Waals surface area contributed by atoms with Crippen LogP contribution >= 0.6 is 11.3 Å². The number of nitrogens with zero attached hydrogens (tertiary/aromatic N) is 2. The molecule has 0 unspecified atom stereocenters. The number of carbonyl (C=O) groups excluding carboxylic acids is 1. The molecule has 0 fully saturated rings. The van der Waals surface area contributed by atoms with Crippen molar-refractivity contribution >= 4 is 22.9 Å². The van der Waals surface area contributed by atoms with E-state index in [0.717, 1.165) is 38.7 Å². The fourth-order valence-electron chi connectivity index (χ4n) is 3.09. The van der Waals surface area contributed by atoms with Crippen LogP contribution in [0.15, 0.2) is 72.4 Å². The van der Waals surface area contributed by atoms with Crippen LogP contribution in [0.4, 0.5) is 5.69 Å². The number of aromatic nitrogens is 2. The minimum atomic E-state index is -0.206. The molecule has 4 aromatic rings. The lowest BCUT2D eigenvalue weighted by Gasteiger charge is -2.10. The Balaban J connectivity index is 1.42. The van der Waals surface area contributed by atoms with Crippen molar-refractivity contribution in [2.45, 2.75) is 13.8 Å². The first-order valence-electron chi connectivity index (χ1n) is 9.55. The van der Waals surface area contributed by atoms with Gasteiger partial charge < -0.3 is 10.1 Å². The lowest BCUT2D eigenvalue weighted by Crippen LogP contribution is -2.20. The number of rotatable bonds is 6. The van der Waals surface area contributed by atoms with Crippen molar-refractivity contribution in [2.75, 3.05) is 11.9 Å². The van der Waals surface area contributed by atoms with Crippen LogP contribution in [-0.2, 0) is 4.79 Å². The van der Waals surface area contributed by atoms with Gasteiger partial charge in [0.15, 0.2) is 6.61 Å². The maximum absolute atomic E-state index is 12.3. The fourth-order valence-corrected chi connectivity index (χ4v) is 3.93. The van der Waals surface area contributed by atoms with Gasteiger partial charge in [0.1, 0.15) is 10.8 Å². The number of hydrogen-bond donors (Lipinski definition) is 1. The van der Waals surface area contributed by atoms with Gasteiger partial charge in [0.25, 0.3) is 5.91 Å². The summed E-state index contributed by atoms with van der Waals surface area (Å²) in [6.07, 6.45) is 3.51. The average Bonchev–Trinajstić information content (AvgIpc) is 3.24. The Kier molecular flexibility index (Phi) is 5.86. The molecule has 0 radical (unpaired) electrons. The smallest absolute Gasteiger partial charge is 0.262 e. The normalized spacial score (nSPS) is 10.6. The molecule has 5 nitrogen and oxygen atoms in total. The predicted octanol–water partition coefficient (Wildman–Crippen LogP) is 5.51. The van der Waals surface area contributed by atoms with Crippen LogP contribution in [-0.4, -0.2) is 22.5 Å². The number of nitrogens with one attached hydrogen (secondary N) is 1. The molecule has 2 aromatic carbocycles. The Labute approximate surface area is 179 Å². The van der Waals surface area contributed by atoms with E-state index in [4.69, 9.17) is 9.72 Å². The maximum atomic E-state index is 12.3. The van der Waals surface area contributed by atoms with Gasteiger partial charge >= 0.3 is 0 Å². The highest BCUT2D eigenvalue weighted by Crippen LogP contribution is 2.29. The Morgan fingerprint density at radius 2 is 1.87 bits per heavy atom. The molecule has 0 aliphatic rings. The summed E-state index contributed by atoms with van der Waals surface area (Å²) < 4.78 is 5.67. The number of amides is 1. The quantitative estimate of drug-likeness (QED) is 0.451. The zero-order chi connectivity index (χ0) is 20.9. The zero-order valence-electron chi connectivity index (χ0n) is 16.8. The van der Waals surface area contributed by atoms with Gasteiger partial charge in [-0.3, -0.25) is 9.78 Å². The highest BCUT2D eigenvalue weighted by atomic mass is 32.1. The molecule has 0 bridgehead atoms. The SMILES string of the molecule is Cc1ccc(OCC(=O)Nc2cccc(-c3csc(-c4ccncc4)n3)c2)c(C)c1. The summed E-state index contributed by atoms with van der Waals surface area (Å²) in [4.78, 5) is 21.1. The van der Waals surface area contributed by atoms with Crippen LogP contribution in [0.2, 0.25) is 0 Å². The molecule has 1 N–H and O–H groups in total. The van der Waals surface area contributed by atoms with Crippen molar-refractivity contribution in [3.63, 3.8) is 0 Å². The fraction of sp³-hybridized carbons (Fsp3) is 0.125. The van der Waals surface area contributed by atoms with E-state index in [2.05, 4.69) is 10.3 Å². The highest BCUT2D eigenvalue weighted by molar-refractivity contribution is 7.13. The van der Waals surface area contributed by atoms with E-state index in [9.17, 15) is 4.79 Å². The number of carbonyl (C=O) groups is 1. The van der Waals surface area contributed by atoms with Crippen molar-refractivity contribution in [1.29, 1.82) is 0 Å². The second-order valence-corrected chi connectivity index (χ2v) is 7.82. The number of anilines is 1. The van der Waals surface area contributed by atoms with Crippen molar-refractivity contribution in [1.82, 2.24) is 9.97 Å². The maximum Gasteiger partial charge on any atom is 0.262 e. The third-order valence-electron chi connectivity index (χ3n) is 4.56. The molecule has 2 aromatic heterocycles. The first-order chi connectivity index (χ1) is 14.6. The monoisotopic (exact) mass is 415 g/mol. The molecule has 0 atom stereocenters. The lowest BCUT2D eigenvalue weighted by atomic mass is 10.1. The minimum Gasteiger partial charge on any atom is -0.483 e. The number of thiazole rings is 1. The molecule has 0 saturated heterocycles. The van der Waals surface area contributed by atoms with E-state index >= 15 is 0 Å². The number of hydrogen-bond acceptors (Lipinski definition) is 5. The molecule has 0 saturated carbocycles. The number of benzene rings is 2.